The number of ether oxygens (including phenoxy) is 1. The molecular formula is C21H24N2O4S. The van der Waals surface area contributed by atoms with Crippen LogP contribution in [0.2, 0.25) is 0 Å². The van der Waals surface area contributed by atoms with Crippen LogP contribution in [0.3, 0.4) is 0 Å². The average molecular weight is 401 g/mol. The Bertz CT molecular complexity index is 969. The van der Waals surface area contributed by atoms with Crippen LogP contribution in [0.1, 0.15) is 35.7 Å². The molecule has 1 amide bonds. The van der Waals surface area contributed by atoms with Crippen LogP contribution < -0.4 is 9.62 Å². The molecule has 28 heavy (non-hydrogen) atoms. The molecule has 1 N–H and O–H groups in total. The lowest BCUT2D eigenvalue weighted by molar-refractivity contribution is 0.0857. The summed E-state index contributed by atoms with van der Waals surface area (Å²) in [5.74, 6) is -0.157. The number of nitrogens with zero attached hydrogens (tertiary/aromatic N) is 1. The van der Waals surface area contributed by atoms with Gasteiger partial charge in [-0.15, -0.1) is 0 Å². The van der Waals surface area contributed by atoms with Crippen LogP contribution in [-0.4, -0.2) is 39.6 Å². The highest BCUT2D eigenvalue weighted by atomic mass is 32.2. The number of hydrogen-bond donors (Lipinski definition) is 1. The molecule has 0 spiro atoms. The van der Waals surface area contributed by atoms with Crippen LogP contribution in [-0.2, 0) is 21.2 Å². The highest BCUT2D eigenvalue weighted by Gasteiger charge is 2.36. The van der Waals surface area contributed by atoms with E-state index in [9.17, 15) is 13.2 Å². The van der Waals surface area contributed by atoms with E-state index in [0.29, 0.717) is 24.2 Å². The second-order valence-electron chi connectivity index (χ2n) is 7.36. The van der Waals surface area contributed by atoms with Gasteiger partial charge in [0.2, 0.25) is 0 Å². The summed E-state index contributed by atoms with van der Waals surface area (Å²) in [6.07, 6.45) is 2.66. The zero-order valence-electron chi connectivity index (χ0n) is 15.8. The minimum absolute atomic E-state index is 0.0879. The first-order chi connectivity index (χ1) is 13.5. The molecule has 2 heterocycles. The molecule has 0 aromatic heterocycles. The highest BCUT2D eigenvalue weighted by Crippen LogP contribution is 2.37. The van der Waals surface area contributed by atoms with Crippen LogP contribution in [0.25, 0.3) is 0 Å². The van der Waals surface area contributed by atoms with E-state index >= 15 is 0 Å². The Morgan fingerprint density at radius 1 is 1.21 bits per heavy atom. The third-order valence-electron chi connectivity index (χ3n) is 5.31. The van der Waals surface area contributed by atoms with Crippen molar-refractivity contribution in [3.63, 3.8) is 0 Å². The van der Waals surface area contributed by atoms with Crippen molar-refractivity contribution in [2.45, 2.75) is 43.2 Å². The van der Waals surface area contributed by atoms with E-state index in [-0.39, 0.29) is 22.9 Å². The Morgan fingerprint density at radius 2 is 2.00 bits per heavy atom. The fourth-order valence-corrected chi connectivity index (χ4v) is 5.64. The van der Waals surface area contributed by atoms with Gasteiger partial charge in [-0.1, -0.05) is 18.2 Å². The predicted molar refractivity (Wildman–Crippen MR) is 107 cm³/mol. The Labute approximate surface area is 165 Å². The molecule has 0 bridgehead atoms. The van der Waals surface area contributed by atoms with E-state index < -0.39 is 10.0 Å². The molecule has 2 atom stereocenters. The second kappa shape index (κ2) is 7.56. The van der Waals surface area contributed by atoms with Crippen LogP contribution in [0, 0.1) is 0 Å². The standard InChI is InChI=1S/C21H24N2O4S/c1-15-12-17-13-16(21(24)22-14-18-6-5-11-27-18)9-10-20(17)23(15)28(25,26)19-7-3-2-4-8-19/h2-4,7-10,13,15,18H,5-6,11-12,14H2,1H3,(H,22,24)/t15-,18+/m1/s1. The molecule has 2 aromatic rings. The summed E-state index contributed by atoms with van der Waals surface area (Å²) in [5.41, 5.74) is 2.06. The van der Waals surface area contributed by atoms with Gasteiger partial charge >= 0.3 is 0 Å². The number of anilines is 1. The number of amides is 1. The monoisotopic (exact) mass is 400 g/mol. The van der Waals surface area contributed by atoms with Gasteiger partial charge in [0.25, 0.3) is 15.9 Å². The van der Waals surface area contributed by atoms with E-state index in [1.54, 1.807) is 48.5 Å². The van der Waals surface area contributed by atoms with Gasteiger partial charge in [0.1, 0.15) is 0 Å². The lowest BCUT2D eigenvalue weighted by atomic mass is 10.1. The zero-order chi connectivity index (χ0) is 19.7. The number of benzene rings is 2. The average Bonchev–Trinajstić information content (AvgIpc) is 3.33. The second-order valence-corrected chi connectivity index (χ2v) is 9.17. The molecular weight excluding hydrogens is 376 g/mol. The summed E-state index contributed by atoms with van der Waals surface area (Å²) in [5, 5.41) is 2.91. The molecule has 0 aliphatic carbocycles. The van der Waals surface area contributed by atoms with Crippen molar-refractivity contribution in [2.75, 3.05) is 17.5 Å². The van der Waals surface area contributed by atoms with Crippen LogP contribution in [0.4, 0.5) is 5.69 Å². The molecule has 2 aromatic carbocycles. The Morgan fingerprint density at radius 3 is 2.71 bits per heavy atom. The van der Waals surface area contributed by atoms with Gasteiger partial charge in [-0.25, -0.2) is 8.42 Å². The molecule has 7 heteroatoms. The van der Waals surface area contributed by atoms with Gasteiger partial charge in [-0.2, -0.15) is 0 Å². The Hall–Kier alpha value is -2.38. The summed E-state index contributed by atoms with van der Waals surface area (Å²) < 4.78 is 33.2. The molecule has 1 fully saturated rings. The van der Waals surface area contributed by atoms with Gasteiger partial charge in [0, 0.05) is 24.8 Å². The zero-order valence-corrected chi connectivity index (χ0v) is 16.6. The van der Waals surface area contributed by atoms with Crippen LogP contribution >= 0.6 is 0 Å². The first kappa shape index (κ1) is 19.0. The van der Waals surface area contributed by atoms with Crippen molar-refractivity contribution in [3.05, 3.63) is 59.7 Å². The number of rotatable bonds is 5. The predicted octanol–water partition coefficient (Wildman–Crippen LogP) is 2.74. The van der Waals surface area contributed by atoms with Crippen molar-refractivity contribution in [1.29, 1.82) is 0 Å². The highest BCUT2D eigenvalue weighted by molar-refractivity contribution is 7.92. The lowest BCUT2D eigenvalue weighted by Gasteiger charge is -2.24. The first-order valence-corrected chi connectivity index (χ1v) is 11.0. The fraction of sp³-hybridized carbons (Fsp3) is 0.381. The quantitative estimate of drug-likeness (QED) is 0.837. The molecule has 0 unspecified atom stereocenters. The molecule has 148 valence electrons. The molecule has 4 rings (SSSR count). The van der Waals surface area contributed by atoms with Crippen molar-refractivity contribution in [3.8, 4) is 0 Å². The largest absolute Gasteiger partial charge is 0.376 e. The van der Waals surface area contributed by atoms with Crippen molar-refractivity contribution in [1.82, 2.24) is 5.32 Å². The van der Waals surface area contributed by atoms with Crippen LogP contribution in [0.15, 0.2) is 53.4 Å². The van der Waals surface area contributed by atoms with E-state index in [4.69, 9.17) is 4.74 Å². The summed E-state index contributed by atoms with van der Waals surface area (Å²) in [7, 11) is -3.64. The number of carbonyl (C=O) groups excluding carboxylic acids is 1. The van der Waals surface area contributed by atoms with E-state index in [2.05, 4.69) is 5.32 Å². The number of nitrogens with one attached hydrogen (secondary N) is 1. The van der Waals surface area contributed by atoms with E-state index in [1.807, 2.05) is 6.92 Å². The minimum atomic E-state index is -3.64. The van der Waals surface area contributed by atoms with E-state index in [1.165, 1.54) is 4.31 Å². The summed E-state index contributed by atoms with van der Waals surface area (Å²) in [6.45, 7) is 3.14. The van der Waals surface area contributed by atoms with Crippen molar-refractivity contribution >= 4 is 21.6 Å². The van der Waals surface area contributed by atoms with Crippen molar-refractivity contribution in [2.24, 2.45) is 0 Å². The van der Waals surface area contributed by atoms with Gasteiger partial charge in [-0.3, -0.25) is 9.10 Å². The first-order valence-electron chi connectivity index (χ1n) is 9.59. The van der Waals surface area contributed by atoms with Crippen LogP contribution in [0.5, 0.6) is 0 Å². The maximum absolute atomic E-state index is 13.1. The van der Waals surface area contributed by atoms with Crippen molar-refractivity contribution < 1.29 is 17.9 Å². The molecule has 6 nitrogen and oxygen atoms in total. The number of carbonyl (C=O) groups is 1. The molecule has 0 radical (unpaired) electrons. The summed E-state index contributed by atoms with van der Waals surface area (Å²) >= 11 is 0. The molecule has 0 saturated carbocycles. The topological polar surface area (TPSA) is 75.7 Å². The molecule has 2 aliphatic rings. The lowest BCUT2D eigenvalue weighted by Crippen LogP contribution is -2.35. The molecule has 1 saturated heterocycles. The van der Waals surface area contributed by atoms with Gasteiger partial charge in [0.05, 0.1) is 16.7 Å². The Balaban J connectivity index is 1.55. The summed E-state index contributed by atoms with van der Waals surface area (Å²) in [6, 6.07) is 13.5. The molecule has 2 aliphatic heterocycles. The maximum atomic E-state index is 13.1. The number of sulfonamides is 1. The third-order valence-corrected chi connectivity index (χ3v) is 7.25. The SMILES string of the molecule is C[C@@H]1Cc2cc(C(=O)NC[C@@H]3CCCO3)ccc2N1S(=O)(=O)c1ccccc1. The van der Waals surface area contributed by atoms with Gasteiger partial charge < -0.3 is 10.1 Å². The number of hydrogen-bond acceptors (Lipinski definition) is 4. The summed E-state index contributed by atoms with van der Waals surface area (Å²) in [4.78, 5) is 12.8. The maximum Gasteiger partial charge on any atom is 0.264 e. The third kappa shape index (κ3) is 3.52. The minimum Gasteiger partial charge on any atom is -0.376 e. The van der Waals surface area contributed by atoms with Gasteiger partial charge in [-0.05, 0) is 62.1 Å². The smallest absolute Gasteiger partial charge is 0.264 e. The fourth-order valence-electron chi connectivity index (χ4n) is 3.93. The normalized spacial score (nSPS) is 21.5. The van der Waals surface area contributed by atoms with E-state index in [0.717, 1.165) is 25.0 Å². The Kier molecular flexibility index (Phi) is 5.12. The van der Waals surface area contributed by atoms with Gasteiger partial charge in [0.15, 0.2) is 0 Å². The number of fused-ring (bicyclic) bond motifs is 1.